The van der Waals surface area contributed by atoms with Gasteiger partial charge in [-0.3, -0.25) is 4.90 Å². The van der Waals surface area contributed by atoms with Crippen molar-refractivity contribution in [3.05, 3.63) is 35.1 Å². The van der Waals surface area contributed by atoms with Gasteiger partial charge in [0.05, 0.1) is 0 Å². The molecule has 2 atom stereocenters. The van der Waals surface area contributed by atoms with Gasteiger partial charge in [-0.15, -0.1) is 12.4 Å². The Morgan fingerprint density at radius 2 is 1.85 bits per heavy atom. The van der Waals surface area contributed by atoms with Gasteiger partial charge in [-0.1, -0.05) is 6.92 Å². The Balaban J connectivity index is 0.00000200. The number of benzene rings is 1. The lowest BCUT2D eigenvalue weighted by atomic mass is 9.90. The van der Waals surface area contributed by atoms with Crippen molar-refractivity contribution in [1.82, 2.24) is 4.90 Å². The molecule has 2 nitrogen and oxygen atoms in total. The lowest BCUT2D eigenvalue weighted by Gasteiger charge is -2.39. The van der Waals surface area contributed by atoms with E-state index < -0.39 is 17.5 Å². The van der Waals surface area contributed by atoms with Gasteiger partial charge in [0, 0.05) is 19.1 Å². The van der Waals surface area contributed by atoms with Gasteiger partial charge >= 0.3 is 0 Å². The predicted octanol–water partition coefficient (Wildman–Crippen LogP) is 3.08. The highest BCUT2D eigenvalue weighted by atomic mass is 35.5. The van der Waals surface area contributed by atoms with E-state index in [1.807, 2.05) is 0 Å². The van der Waals surface area contributed by atoms with Crippen LogP contribution in [0.3, 0.4) is 0 Å². The fraction of sp³-hybridized carbons (Fsp3) is 0.571. The highest BCUT2D eigenvalue weighted by molar-refractivity contribution is 5.85. The van der Waals surface area contributed by atoms with Crippen molar-refractivity contribution in [3.8, 4) is 0 Å². The third-order valence-electron chi connectivity index (χ3n) is 3.90. The Morgan fingerprint density at radius 1 is 1.25 bits per heavy atom. The average molecular weight is 309 g/mol. The second-order valence-corrected chi connectivity index (χ2v) is 5.27. The van der Waals surface area contributed by atoms with Crippen molar-refractivity contribution in [1.29, 1.82) is 0 Å². The van der Waals surface area contributed by atoms with Gasteiger partial charge in [0.25, 0.3) is 0 Å². The maximum atomic E-state index is 13.2. The zero-order valence-corrected chi connectivity index (χ0v) is 12.2. The van der Waals surface area contributed by atoms with Crippen molar-refractivity contribution in [2.75, 3.05) is 13.1 Å². The fourth-order valence-electron chi connectivity index (χ4n) is 2.85. The van der Waals surface area contributed by atoms with Crippen LogP contribution in [-0.2, 0) is 6.54 Å². The first kappa shape index (κ1) is 17.3. The summed E-state index contributed by atoms with van der Waals surface area (Å²) in [7, 11) is 0. The van der Waals surface area contributed by atoms with Crippen molar-refractivity contribution < 1.29 is 13.2 Å². The molecule has 2 rings (SSSR count). The van der Waals surface area contributed by atoms with Gasteiger partial charge in [0.2, 0.25) is 0 Å². The molecule has 1 aliphatic heterocycles. The number of hydrogen-bond donors (Lipinski definition) is 1. The molecule has 1 aromatic carbocycles. The SMILES string of the molecule is CC1CCCN(Cc2cc(F)c(F)c(F)c2)C1CN.Cl. The van der Waals surface area contributed by atoms with Crippen LogP contribution in [0.15, 0.2) is 12.1 Å². The van der Waals surface area contributed by atoms with E-state index in [0.717, 1.165) is 31.5 Å². The zero-order chi connectivity index (χ0) is 14.0. The van der Waals surface area contributed by atoms with Crippen LogP contribution in [0.2, 0.25) is 0 Å². The molecule has 0 aromatic heterocycles. The van der Waals surface area contributed by atoms with Gasteiger partial charge < -0.3 is 5.73 Å². The van der Waals surface area contributed by atoms with Crippen LogP contribution < -0.4 is 5.73 Å². The minimum absolute atomic E-state index is 0. The van der Waals surface area contributed by atoms with E-state index in [9.17, 15) is 13.2 Å². The number of hydrogen-bond acceptors (Lipinski definition) is 2. The van der Waals surface area contributed by atoms with Gasteiger partial charge in [0.15, 0.2) is 17.5 Å². The van der Waals surface area contributed by atoms with Crippen molar-refractivity contribution in [2.45, 2.75) is 32.4 Å². The highest BCUT2D eigenvalue weighted by Gasteiger charge is 2.27. The predicted molar refractivity (Wildman–Crippen MR) is 75.2 cm³/mol. The van der Waals surface area contributed by atoms with E-state index in [-0.39, 0.29) is 18.4 Å². The van der Waals surface area contributed by atoms with E-state index >= 15 is 0 Å². The van der Waals surface area contributed by atoms with E-state index in [1.54, 1.807) is 0 Å². The normalized spacial score (nSPS) is 23.4. The minimum Gasteiger partial charge on any atom is -0.329 e. The Bertz CT molecular complexity index is 433. The Labute approximate surface area is 123 Å². The number of halogens is 4. The third kappa shape index (κ3) is 3.65. The summed E-state index contributed by atoms with van der Waals surface area (Å²) in [5, 5.41) is 0. The summed E-state index contributed by atoms with van der Waals surface area (Å²) < 4.78 is 39.3. The molecule has 2 N–H and O–H groups in total. The zero-order valence-electron chi connectivity index (χ0n) is 11.4. The molecule has 0 spiro atoms. The van der Waals surface area contributed by atoms with Crippen molar-refractivity contribution >= 4 is 12.4 Å². The van der Waals surface area contributed by atoms with Crippen molar-refractivity contribution in [3.63, 3.8) is 0 Å². The van der Waals surface area contributed by atoms with Crippen LogP contribution in [0.25, 0.3) is 0 Å². The maximum absolute atomic E-state index is 13.2. The number of likely N-dealkylation sites (tertiary alicyclic amines) is 1. The summed E-state index contributed by atoms with van der Waals surface area (Å²) >= 11 is 0. The molecule has 0 bridgehead atoms. The first-order valence-corrected chi connectivity index (χ1v) is 6.60. The summed E-state index contributed by atoms with van der Waals surface area (Å²) in [6.07, 6.45) is 2.16. The first-order chi connectivity index (χ1) is 9.02. The summed E-state index contributed by atoms with van der Waals surface area (Å²) in [4.78, 5) is 2.13. The van der Waals surface area contributed by atoms with Crippen LogP contribution >= 0.6 is 12.4 Å². The van der Waals surface area contributed by atoms with Gasteiger partial charge in [-0.05, 0) is 43.0 Å². The summed E-state index contributed by atoms with van der Waals surface area (Å²) in [6.45, 7) is 3.91. The summed E-state index contributed by atoms with van der Waals surface area (Å²) in [5.74, 6) is -3.21. The molecule has 1 aliphatic rings. The molecule has 0 amide bonds. The third-order valence-corrected chi connectivity index (χ3v) is 3.90. The second kappa shape index (κ2) is 7.29. The van der Waals surface area contributed by atoms with E-state index in [0.29, 0.717) is 24.6 Å². The number of piperidine rings is 1. The monoisotopic (exact) mass is 308 g/mol. The Kier molecular flexibility index (Phi) is 6.30. The first-order valence-electron chi connectivity index (χ1n) is 6.60. The molecule has 114 valence electrons. The molecule has 1 heterocycles. The lowest BCUT2D eigenvalue weighted by Crippen LogP contribution is -2.48. The second-order valence-electron chi connectivity index (χ2n) is 5.27. The smallest absolute Gasteiger partial charge is 0.194 e. The molecule has 2 unspecified atom stereocenters. The molecule has 6 heteroatoms. The van der Waals surface area contributed by atoms with Crippen LogP contribution in [0.5, 0.6) is 0 Å². The molecule has 0 saturated carbocycles. The van der Waals surface area contributed by atoms with Crippen molar-refractivity contribution in [2.24, 2.45) is 11.7 Å². The standard InChI is InChI=1S/C14H19F3N2.ClH/c1-9-3-2-4-19(13(9)7-18)8-10-5-11(15)14(17)12(16)6-10;/h5-6,9,13H,2-4,7-8,18H2,1H3;1H. The van der Waals surface area contributed by atoms with Crippen LogP contribution in [0, 0.1) is 23.4 Å². The fourth-order valence-corrected chi connectivity index (χ4v) is 2.85. The minimum atomic E-state index is -1.41. The quantitative estimate of drug-likeness (QED) is 0.870. The number of nitrogens with zero attached hydrogens (tertiary/aromatic N) is 1. The average Bonchev–Trinajstić information content (AvgIpc) is 2.36. The molecular formula is C14H20ClF3N2. The van der Waals surface area contributed by atoms with Crippen LogP contribution in [0.1, 0.15) is 25.3 Å². The van der Waals surface area contributed by atoms with Gasteiger partial charge in [0.1, 0.15) is 0 Å². The summed E-state index contributed by atoms with van der Waals surface area (Å²) in [5.41, 5.74) is 6.22. The van der Waals surface area contributed by atoms with E-state index in [1.165, 1.54) is 0 Å². The Morgan fingerprint density at radius 3 is 2.40 bits per heavy atom. The number of rotatable bonds is 3. The molecule has 1 saturated heterocycles. The van der Waals surface area contributed by atoms with Gasteiger partial charge in [-0.25, -0.2) is 13.2 Å². The Hall–Kier alpha value is -0.780. The van der Waals surface area contributed by atoms with Crippen LogP contribution in [0.4, 0.5) is 13.2 Å². The molecule has 20 heavy (non-hydrogen) atoms. The largest absolute Gasteiger partial charge is 0.329 e. The highest BCUT2D eigenvalue weighted by Crippen LogP contribution is 2.25. The topological polar surface area (TPSA) is 29.3 Å². The molecule has 1 aromatic rings. The van der Waals surface area contributed by atoms with E-state index in [2.05, 4.69) is 11.8 Å². The van der Waals surface area contributed by atoms with Crippen LogP contribution in [-0.4, -0.2) is 24.0 Å². The van der Waals surface area contributed by atoms with Gasteiger partial charge in [-0.2, -0.15) is 0 Å². The molecule has 1 fully saturated rings. The molecule has 0 radical (unpaired) electrons. The van der Waals surface area contributed by atoms with E-state index in [4.69, 9.17) is 5.73 Å². The maximum Gasteiger partial charge on any atom is 0.194 e. The number of nitrogens with two attached hydrogens (primary N) is 1. The summed E-state index contributed by atoms with van der Waals surface area (Å²) in [6, 6.07) is 2.33. The lowest BCUT2D eigenvalue weighted by molar-refractivity contribution is 0.0988. The molecular weight excluding hydrogens is 289 g/mol. The molecule has 0 aliphatic carbocycles.